The first-order valence-electron chi connectivity index (χ1n) is 6.41. The van der Waals surface area contributed by atoms with E-state index in [0.717, 1.165) is 5.56 Å². The van der Waals surface area contributed by atoms with Crippen molar-refractivity contribution in [3.63, 3.8) is 0 Å². The van der Waals surface area contributed by atoms with E-state index in [2.05, 4.69) is 0 Å². The molecule has 0 radical (unpaired) electrons. The van der Waals surface area contributed by atoms with Crippen molar-refractivity contribution in [2.45, 2.75) is 39.3 Å². The van der Waals surface area contributed by atoms with Gasteiger partial charge in [-0.15, -0.1) is 0 Å². The summed E-state index contributed by atoms with van der Waals surface area (Å²) in [6.45, 7) is 7.22. The second kappa shape index (κ2) is 5.94. The van der Waals surface area contributed by atoms with Gasteiger partial charge in [0.2, 0.25) is 0 Å². The highest BCUT2D eigenvalue weighted by Crippen LogP contribution is 2.22. The summed E-state index contributed by atoms with van der Waals surface area (Å²) in [5.41, 5.74) is 0.388. The van der Waals surface area contributed by atoms with Crippen molar-refractivity contribution in [3.8, 4) is 0 Å². The van der Waals surface area contributed by atoms with Gasteiger partial charge in [-0.05, 0) is 45.4 Å². The van der Waals surface area contributed by atoms with Gasteiger partial charge in [-0.2, -0.15) is 0 Å². The highest BCUT2D eigenvalue weighted by atomic mass is 16.6. The van der Waals surface area contributed by atoms with Crippen LogP contribution in [0, 0.1) is 0 Å². The van der Waals surface area contributed by atoms with Crippen LogP contribution in [-0.2, 0) is 4.74 Å². The predicted octanol–water partition coefficient (Wildman–Crippen LogP) is 3.31. The van der Waals surface area contributed by atoms with Gasteiger partial charge in [-0.25, -0.2) is 9.59 Å². The predicted molar refractivity (Wildman–Crippen MR) is 75.8 cm³/mol. The zero-order valence-electron chi connectivity index (χ0n) is 12.5. The zero-order chi connectivity index (χ0) is 15.5. The van der Waals surface area contributed by atoms with Gasteiger partial charge in [-0.3, -0.25) is 0 Å². The van der Waals surface area contributed by atoms with Crippen LogP contribution in [0.5, 0.6) is 0 Å². The molecule has 0 spiro atoms. The summed E-state index contributed by atoms with van der Waals surface area (Å²) in [5, 5.41) is 8.99. The maximum atomic E-state index is 12.0. The third kappa shape index (κ3) is 4.26. The van der Waals surface area contributed by atoms with E-state index in [1.54, 1.807) is 46.0 Å². The van der Waals surface area contributed by atoms with Crippen LogP contribution < -0.4 is 0 Å². The number of ether oxygens (including phenoxy) is 1. The molecule has 1 N–H and O–H groups in total. The minimum Gasteiger partial charge on any atom is -0.478 e. The first kappa shape index (κ1) is 16.0. The molecule has 0 aliphatic heterocycles. The lowest BCUT2D eigenvalue weighted by molar-refractivity contribution is 0.0234. The Bertz CT molecular complexity index is 505. The second-order valence-corrected chi connectivity index (χ2v) is 5.70. The molecule has 0 heterocycles. The Hall–Kier alpha value is -2.04. The molecule has 1 atom stereocenters. The van der Waals surface area contributed by atoms with Gasteiger partial charge >= 0.3 is 12.1 Å². The largest absolute Gasteiger partial charge is 0.478 e. The van der Waals surface area contributed by atoms with Crippen LogP contribution in [0.4, 0.5) is 4.79 Å². The lowest BCUT2D eigenvalue weighted by atomic mass is 10.0. The van der Waals surface area contributed by atoms with Crippen LogP contribution in [0.15, 0.2) is 24.3 Å². The average Bonchev–Trinajstić information content (AvgIpc) is 2.35. The van der Waals surface area contributed by atoms with Crippen molar-refractivity contribution in [2.24, 2.45) is 0 Å². The SMILES string of the molecule is C[C@@H](c1cccc(C(=O)O)c1)N(C)C(=O)OC(C)(C)C. The van der Waals surface area contributed by atoms with Gasteiger partial charge in [0, 0.05) is 7.05 Å². The molecule has 1 aromatic rings. The summed E-state index contributed by atoms with van der Waals surface area (Å²) in [6.07, 6.45) is -0.439. The summed E-state index contributed by atoms with van der Waals surface area (Å²) in [5.74, 6) is -0.987. The minimum atomic E-state index is -0.987. The molecule has 0 aromatic heterocycles. The molecule has 0 bridgehead atoms. The highest BCUT2D eigenvalue weighted by molar-refractivity contribution is 5.87. The van der Waals surface area contributed by atoms with Crippen molar-refractivity contribution in [1.82, 2.24) is 4.90 Å². The van der Waals surface area contributed by atoms with Crippen LogP contribution in [0.3, 0.4) is 0 Å². The number of hydrogen-bond acceptors (Lipinski definition) is 3. The van der Waals surface area contributed by atoms with E-state index >= 15 is 0 Å². The third-order valence-electron chi connectivity index (χ3n) is 2.88. The fourth-order valence-corrected chi connectivity index (χ4v) is 1.65. The molecule has 0 saturated carbocycles. The van der Waals surface area contributed by atoms with Gasteiger partial charge in [0.25, 0.3) is 0 Å². The van der Waals surface area contributed by atoms with Gasteiger partial charge < -0.3 is 14.7 Å². The number of carbonyl (C=O) groups excluding carboxylic acids is 1. The van der Waals surface area contributed by atoms with Gasteiger partial charge in [0.15, 0.2) is 0 Å². The molecule has 5 nitrogen and oxygen atoms in total. The first-order chi connectivity index (χ1) is 9.11. The molecule has 110 valence electrons. The Balaban J connectivity index is 2.88. The lowest BCUT2D eigenvalue weighted by Crippen LogP contribution is -2.35. The molecule has 1 rings (SSSR count). The number of hydrogen-bond donors (Lipinski definition) is 1. The summed E-state index contributed by atoms with van der Waals surface area (Å²) in [4.78, 5) is 24.4. The van der Waals surface area contributed by atoms with Crippen LogP contribution in [0.1, 0.15) is 49.7 Å². The molecular formula is C15H21NO4. The number of amides is 1. The van der Waals surface area contributed by atoms with Crippen LogP contribution in [0.25, 0.3) is 0 Å². The zero-order valence-corrected chi connectivity index (χ0v) is 12.5. The second-order valence-electron chi connectivity index (χ2n) is 5.70. The van der Waals surface area contributed by atoms with E-state index in [9.17, 15) is 9.59 Å². The molecule has 1 aromatic carbocycles. The molecule has 5 heteroatoms. The first-order valence-corrected chi connectivity index (χ1v) is 6.41. The lowest BCUT2D eigenvalue weighted by Gasteiger charge is -2.29. The maximum absolute atomic E-state index is 12.0. The molecule has 0 fully saturated rings. The summed E-state index contributed by atoms with van der Waals surface area (Å²) < 4.78 is 5.29. The quantitative estimate of drug-likeness (QED) is 0.921. The van der Waals surface area contributed by atoms with E-state index in [1.165, 1.54) is 11.0 Å². The van der Waals surface area contributed by atoms with Crippen molar-refractivity contribution in [2.75, 3.05) is 7.05 Å². The standard InChI is InChI=1S/C15H21NO4/c1-10(16(5)14(19)20-15(2,3)4)11-7-6-8-12(9-11)13(17)18/h6-10H,1-5H3,(H,17,18)/t10-/m0/s1. The fourth-order valence-electron chi connectivity index (χ4n) is 1.65. The topological polar surface area (TPSA) is 66.8 Å². The minimum absolute atomic E-state index is 0.201. The molecule has 20 heavy (non-hydrogen) atoms. The van der Waals surface area contributed by atoms with E-state index in [4.69, 9.17) is 9.84 Å². The number of carboxylic acid groups (broad SMARTS) is 1. The molecule has 1 amide bonds. The Morgan fingerprint density at radius 3 is 2.40 bits per heavy atom. The number of nitrogens with zero attached hydrogens (tertiary/aromatic N) is 1. The molecule has 0 saturated heterocycles. The molecular weight excluding hydrogens is 258 g/mol. The normalized spacial score (nSPS) is 12.7. The van der Waals surface area contributed by atoms with Crippen molar-refractivity contribution in [1.29, 1.82) is 0 Å². The van der Waals surface area contributed by atoms with Gasteiger partial charge in [-0.1, -0.05) is 12.1 Å². The fraction of sp³-hybridized carbons (Fsp3) is 0.467. The van der Waals surface area contributed by atoms with Crippen molar-refractivity contribution < 1.29 is 19.4 Å². The number of carboxylic acids is 1. The number of aromatic carboxylic acids is 1. The Labute approximate surface area is 119 Å². The van der Waals surface area contributed by atoms with E-state index in [1.807, 2.05) is 6.92 Å². The van der Waals surface area contributed by atoms with Crippen LogP contribution >= 0.6 is 0 Å². The van der Waals surface area contributed by atoms with Gasteiger partial charge in [0.05, 0.1) is 11.6 Å². The monoisotopic (exact) mass is 279 g/mol. The summed E-state index contributed by atoms with van der Waals surface area (Å²) in [6, 6.07) is 6.26. The smallest absolute Gasteiger partial charge is 0.410 e. The van der Waals surface area contributed by atoms with Crippen LogP contribution in [-0.4, -0.2) is 34.7 Å². The van der Waals surface area contributed by atoms with E-state index in [-0.39, 0.29) is 11.6 Å². The van der Waals surface area contributed by atoms with Crippen LogP contribution in [0.2, 0.25) is 0 Å². The highest BCUT2D eigenvalue weighted by Gasteiger charge is 2.24. The van der Waals surface area contributed by atoms with E-state index in [0.29, 0.717) is 0 Å². The number of benzene rings is 1. The Morgan fingerprint density at radius 1 is 1.30 bits per heavy atom. The Kier molecular flexibility index (Phi) is 4.76. The Morgan fingerprint density at radius 2 is 1.90 bits per heavy atom. The number of rotatable bonds is 3. The molecule has 0 aliphatic rings. The third-order valence-corrected chi connectivity index (χ3v) is 2.88. The van der Waals surface area contributed by atoms with Gasteiger partial charge in [0.1, 0.15) is 5.60 Å². The summed E-state index contributed by atoms with van der Waals surface area (Å²) >= 11 is 0. The number of carbonyl (C=O) groups is 2. The maximum Gasteiger partial charge on any atom is 0.410 e. The molecule has 0 unspecified atom stereocenters. The molecule has 0 aliphatic carbocycles. The average molecular weight is 279 g/mol. The van der Waals surface area contributed by atoms with Crippen molar-refractivity contribution >= 4 is 12.1 Å². The van der Waals surface area contributed by atoms with E-state index < -0.39 is 17.7 Å². The summed E-state index contributed by atoms with van der Waals surface area (Å²) in [7, 11) is 1.63. The van der Waals surface area contributed by atoms with Crippen molar-refractivity contribution in [3.05, 3.63) is 35.4 Å².